The number of carbonyl (C=O) groups is 1. The molecule has 16 heavy (non-hydrogen) atoms. The van der Waals surface area contributed by atoms with E-state index in [1.165, 1.54) is 12.1 Å². The van der Waals surface area contributed by atoms with Gasteiger partial charge in [0.05, 0.1) is 12.0 Å². The number of nitrogens with zero attached hydrogens (tertiary/aromatic N) is 1. The number of rotatable bonds is 1. The van der Waals surface area contributed by atoms with Crippen LogP contribution in [0.3, 0.4) is 0 Å². The lowest BCUT2D eigenvalue weighted by Gasteiger charge is -1.97. The van der Waals surface area contributed by atoms with E-state index in [4.69, 9.17) is 16.1 Å². The van der Waals surface area contributed by atoms with E-state index in [1.54, 1.807) is 13.0 Å². The van der Waals surface area contributed by atoms with Crippen LogP contribution in [0.4, 0.5) is 4.79 Å². The standard InChI is InChI=1S/C10H8ClNO4/c1-2-15-10(14)12-9(13)7-5-6(11)3-4-8(7)16-12/h3-5H,2H2,1H3. The van der Waals surface area contributed by atoms with Crippen LogP contribution in [0.25, 0.3) is 11.0 Å². The zero-order valence-electron chi connectivity index (χ0n) is 8.40. The molecule has 0 radical (unpaired) electrons. The molecule has 0 aliphatic heterocycles. The number of fused-ring (bicyclic) bond motifs is 1. The summed E-state index contributed by atoms with van der Waals surface area (Å²) >= 11 is 5.73. The summed E-state index contributed by atoms with van der Waals surface area (Å²) in [6.45, 7) is 1.81. The Hall–Kier alpha value is -1.75. The molecule has 1 aromatic heterocycles. The second-order valence-corrected chi connectivity index (χ2v) is 3.47. The van der Waals surface area contributed by atoms with E-state index >= 15 is 0 Å². The third-order valence-electron chi connectivity index (χ3n) is 1.98. The molecule has 0 N–H and O–H groups in total. The summed E-state index contributed by atoms with van der Waals surface area (Å²) < 4.78 is 10.3. The van der Waals surface area contributed by atoms with Gasteiger partial charge in [0.25, 0.3) is 0 Å². The van der Waals surface area contributed by atoms with Crippen LogP contribution >= 0.6 is 11.6 Å². The molecular weight excluding hydrogens is 234 g/mol. The van der Waals surface area contributed by atoms with Crippen LogP contribution in [0.15, 0.2) is 27.5 Å². The highest BCUT2D eigenvalue weighted by molar-refractivity contribution is 6.31. The van der Waals surface area contributed by atoms with Gasteiger partial charge < -0.3 is 9.26 Å². The summed E-state index contributed by atoms with van der Waals surface area (Å²) in [5.74, 6) is 0. The fourth-order valence-electron chi connectivity index (χ4n) is 1.30. The molecule has 0 bridgehead atoms. The lowest BCUT2D eigenvalue weighted by Crippen LogP contribution is -2.23. The van der Waals surface area contributed by atoms with Gasteiger partial charge in [-0.1, -0.05) is 16.3 Å². The molecule has 0 amide bonds. The SMILES string of the molecule is CCOC(=O)n1oc2ccc(Cl)cc2c1=O. The van der Waals surface area contributed by atoms with Crippen molar-refractivity contribution in [3.05, 3.63) is 33.6 Å². The molecule has 0 atom stereocenters. The zero-order valence-corrected chi connectivity index (χ0v) is 9.15. The summed E-state index contributed by atoms with van der Waals surface area (Å²) in [7, 11) is 0. The summed E-state index contributed by atoms with van der Waals surface area (Å²) in [4.78, 5) is 23.0. The topological polar surface area (TPSA) is 61.4 Å². The second kappa shape index (κ2) is 4.02. The van der Waals surface area contributed by atoms with Crippen LogP contribution in [0.5, 0.6) is 0 Å². The van der Waals surface area contributed by atoms with Crippen molar-refractivity contribution in [1.82, 2.24) is 4.74 Å². The molecule has 1 heterocycles. The second-order valence-electron chi connectivity index (χ2n) is 3.03. The lowest BCUT2D eigenvalue weighted by atomic mass is 10.3. The van der Waals surface area contributed by atoms with Gasteiger partial charge in [0.15, 0.2) is 5.58 Å². The van der Waals surface area contributed by atoms with Gasteiger partial charge in [-0.25, -0.2) is 4.79 Å². The number of hydrogen-bond acceptors (Lipinski definition) is 4. The lowest BCUT2D eigenvalue weighted by molar-refractivity contribution is 0.127. The van der Waals surface area contributed by atoms with E-state index in [-0.39, 0.29) is 12.0 Å². The number of ether oxygens (including phenoxy) is 1. The summed E-state index contributed by atoms with van der Waals surface area (Å²) in [5, 5.41) is 0.655. The normalized spacial score (nSPS) is 10.6. The Morgan fingerprint density at radius 3 is 3.00 bits per heavy atom. The first-order valence-corrected chi connectivity index (χ1v) is 5.00. The molecule has 0 aliphatic rings. The van der Waals surface area contributed by atoms with Crippen LogP contribution in [0.2, 0.25) is 5.02 Å². The third kappa shape index (κ3) is 1.69. The molecule has 6 heteroatoms. The van der Waals surface area contributed by atoms with E-state index in [9.17, 15) is 9.59 Å². The Morgan fingerprint density at radius 2 is 2.31 bits per heavy atom. The summed E-state index contributed by atoms with van der Waals surface area (Å²) in [6, 6.07) is 4.54. The Balaban J connectivity index is 2.61. The van der Waals surface area contributed by atoms with Gasteiger partial charge in [-0.15, -0.1) is 0 Å². The van der Waals surface area contributed by atoms with Crippen LogP contribution in [-0.4, -0.2) is 17.4 Å². The van der Waals surface area contributed by atoms with Crippen molar-refractivity contribution in [3.8, 4) is 0 Å². The molecule has 0 unspecified atom stereocenters. The first-order chi connectivity index (χ1) is 7.63. The molecule has 2 rings (SSSR count). The maximum absolute atomic E-state index is 11.7. The quantitative estimate of drug-likeness (QED) is 0.768. The molecule has 2 aromatic rings. The molecule has 0 fully saturated rings. The number of benzene rings is 1. The van der Waals surface area contributed by atoms with Crippen molar-refractivity contribution in [2.24, 2.45) is 0 Å². The first kappa shape index (κ1) is 10.8. The van der Waals surface area contributed by atoms with Gasteiger partial charge in [-0.3, -0.25) is 4.79 Å². The predicted molar refractivity (Wildman–Crippen MR) is 57.9 cm³/mol. The minimum atomic E-state index is -0.833. The Labute approximate surface area is 95.1 Å². The van der Waals surface area contributed by atoms with E-state index < -0.39 is 11.7 Å². The van der Waals surface area contributed by atoms with Crippen molar-refractivity contribution in [3.63, 3.8) is 0 Å². The van der Waals surface area contributed by atoms with Crippen LogP contribution in [-0.2, 0) is 4.74 Å². The average molecular weight is 242 g/mol. The van der Waals surface area contributed by atoms with Gasteiger partial charge in [0, 0.05) is 5.02 Å². The average Bonchev–Trinajstić information content (AvgIpc) is 2.57. The molecular formula is C10H8ClNO4. The van der Waals surface area contributed by atoms with Crippen LogP contribution < -0.4 is 5.56 Å². The number of hydrogen-bond donors (Lipinski definition) is 0. The highest BCUT2D eigenvalue weighted by Crippen LogP contribution is 2.16. The van der Waals surface area contributed by atoms with E-state index in [0.29, 0.717) is 15.3 Å². The van der Waals surface area contributed by atoms with E-state index in [2.05, 4.69) is 4.74 Å². The fourth-order valence-corrected chi connectivity index (χ4v) is 1.47. The van der Waals surface area contributed by atoms with Gasteiger partial charge in [0.2, 0.25) is 0 Å². The molecule has 0 spiro atoms. The van der Waals surface area contributed by atoms with Crippen molar-refractivity contribution in [2.75, 3.05) is 6.61 Å². The number of carbonyl (C=O) groups excluding carboxylic acids is 1. The first-order valence-electron chi connectivity index (χ1n) is 4.62. The molecule has 0 aliphatic carbocycles. The van der Waals surface area contributed by atoms with Crippen molar-refractivity contribution >= 4 is 28.7 Å². The van der Waals surface area contributed by atoms with Gasteiger partial charge in [-0.05, 0) is 25.1 Å². The maximum Gasteiger partial charge on any atom is 0.451 e. The van der Waals surface area contributed by atoms with Gasteiger partial charge in [0.1, 0.15) is 0 Å². The zero-order chi connectivity index (χ0) is 11.7. The van der Waals surface area contributed by atoms with Crippen molar-refractivity contribution in [1.29, 1.82) is 0 Å². The van der Waals surface area contributed by atoms with E-state index in [0.717, 1.165) is 0 Å². The third-order valence-corrected chi connectivity index (χ3v) is 2.21. The largest absolute Gasteiger partial charge is 0.451 e. The van der Waals surface area contributed by atoms with Crippen molar-refractivity contribution < 1.29 is 14.1 Å². The predicted octanol–water partition coefficient (Wildman–Crippen LogP) is 2.25. The van der Waals surface area contributed by atoms with Crippen LogP contribution in [0.1, 0.15) is 6.92 Å². The minimum Gasteiger partial charge on any atom is -0.447 e. The Bertz CT molecular complexity index is 598. The molecule has 84 valence electrons. The highest BCUT2D eigenvalue weighted by Gasteiger charge is 2.16. The fraction of sp³-hybridized carbons (Fsp3) is 0.200. The number of aromatic nitrogens is 1. The summed E-state index contributed by atoms with van der Waals surface area (Å²) in [5.41, 5.74) is -0.279. The van der Waals surface area contributed by atoms with Gasteiger partial charge >= 0.3 is 11.7 Å². The smallest absolute Gasteiger partial charge is 0.447 e. The Morgan fingerprint density at radius 1 is 1.56 bits per heavy atom. The number of halogens is 1. The van der Waals surface area contributed by atoms with Crippen molar-refractivity contribution in [2.45, 2.75) is 6.92 Å². The molecule has 1 aromatic carbocycles. The summed E-state index contributed by atoms with van der Waals surface area (Å²) in [6.07, 6.45) is -0.833. The maximum atomic E-state index is 11.7. The Kier molecular flexibility index (Phi) is 2.70. The molecule has 0 saturated heterocycles. The molecule has 0 saturated carbocycles. The van der Waals surface area contributed by atoms with Crippen LogP contribution in [0, 0.1) is 0 Å². The minimum absolute atomic E-state index is 0.170. The van der Waals surface area contributed by atoms with Gasteiger partial charge in [-0.2, -0.15) is 0 Å². The monoisotopic (exact) mass is 241 g/mol. The highest BCUT2D eigenvalue weighted by atomic mass is 35.5. The van der Waals surface area contributed by atoms with E-state index in [1.807, 2.05) is 0 Å². The molecule has 5 nitrogen and oxygen atoms in total.